The third-order valence-electron chi connectivity index (χ3n) is 9.90. The zero-order valence-electron chi connectivity index (χ0n) is 27.6. The quantitative estimate of drug-likeness (QED) is 0.186. The van der Waals surface area contributed by atoms with Gasteiger partial charge in [-0.2, -0.15) is 0 Å². The fourth-order valence-corrected chi connectivity index (χ4v) is 7.36. The van der Waals surface area contributed by atoms with Gasteiger partial charge >= 0.3 is 0 Å². The number of hydrogen-bond donors (Lipinski definition) is 0. The van der Waals surface area contributed by atoms with E-state index in [4.69, 9.17) is 14.4 Å². The van der Waals surface area contributed by atoms with E-state index in [-0.39, 0.29) is 0 Å². The van der Waals surface area contributed by atoms with Crippen LogP contribution in [0.3, 0.4) is 0 Å². The van der Waals surface area contributed by atoms with Crippen molar-refractivity contribution in [2.75, 3.05) is 0 Å². The summed E-state index contributed by atoms with van der Waals surface area (Å²) in [6, 6.07) is 63.8. The summed E-state index contributed by atoms with van der Waals surface area (Å²) in [6.45, 7) is 0. The van der Waals surface area contributed by atoms with E-state index in [1.54, 1.807) is 0 Å². The largest absolute Gasteiger partial charge is 0.455 e. The van der Waals surface area contributed by atoms with Gasteiger partial charge in [-0.1, -0.05) is 158 Å². The van der Waals surface area contributed by atoms with Gasteiger partial charge in [-0.15, -0.1) is 0 Å². The minimum Gasteiger partial charge on any atom is -0.455 e. The molecule has 2 aromatic heterocycles. The van der Waals surface area contributed by atoms with Crippen LogP contribution in [0.1, 0.15) is 0 Å². The van der Waals surface area contributed by atoms with Crippen LogP contribution in [0.25, 0.3) is 99.6 Å². The highest BCUT2D eigenvalue weighted by molar-refractivity contribution is 6.19. The lowest BCUT2D eigenvalue weighted by atomic mass is 9.95. The molecule has 0 saturated heterocycles. The molecule has 3 heteroatoms. The number of rotatable bonds is 5. The maximum Gasteiger partial charge on any atom is 0.161 e. The summed E-state index contributed by atoms with van der Waals surface area (Å²) in [5.41, 5.74) is 11.3. The van der Waals surface area contributed by atoms with Crippen molar-refractivity contribution in [3.05, 3.63) is 182 Å². The molecule has 0 N–H and O–H groups in total. The van der Waals surface area contributed by atoms with Crippen molar-refractivity contribution in [1.29, 1.82) is 0 Å². The second-order valence-electron chi connectivity index (χ2n) is 13.0. The molecule has 0 atom stereocenters. The number of nitrogens with zero attached hydrogens (tertiary/aromatic N) is 2. The van der Waals surface area contributed by atoms with E-state index in [1.165, 1.54) is 21.9 Å². The Labute approximate surface area is 295 Å². The van der Waals surface area contributed by atoms with Crippen LogP contribution in [-0.4, -0.2) is 9.97 Å². The molecular weight excluding hydrogens is 621 g/mol. The summed E-state index contributed by atoms with van der Waals surface area (Å²) in [6.07, 6.45) is 0. The van der Waals surface area contributed by atoms with Gasteiger partial charge in [-0.05, 0) is 62.7 Å². The normalized spacial score (nSPS) is 11.5. The Morgan fingerprint density at radius 2 is 0.922 bits per heavy atom. The van der Waals surface area contributed by atoms with Crippen molar-refractivity contribution >= 4 is 43.5 Å². The molecule has 0 unspecified atom stereocenters. The molecule has 0 aliphatic carbocycles. The first kappa shape index (κ1) is 29.1. The highest BCUT2D eigenvalue weighted by Crippen LogP contribution is 2.41. The van der Waals surface area contributed by atoms with Crippen LogP contribution in [-0.2, 0) is 0 Å². The maximum absolute atomic E-state index is 6.61. The van der Waals surface area contributed by atoms with E-state index >= 15 is 0 Å². The second-order valence-corrected chi connectivity index (χ2v) is 13.0. The summed E-state index contributed by atoms with van der Waals surface area (Å²) in [5, 5.41) is 6.71. The minimum absolute atomic E-state index is 0.683. The van der Waals surface area contributed by atoms with E-state index in [0.717, 1.165) is 71.9 Å². The summed E-state index contributed by atoms with van der Waals surface area (Å²) < 4.78 is 6.61. The minimum atomic E-state index is 0.683. The lowest BCUT2D eigenvalue weighted by Gasteiger charge is -2.12. The summed E-state index contributed by atoms with van der Waals surface area (Å²) >= 11 is 0. The molecule has 0 radical (unpaired) electrons. The Kier molecular flexibility index (Phi) is 6.81. The number of hydrogen-bond acceptors (Lipinski definition) is 3. The van der Waals surface area contributed by atoms with Crippen LogP contribution in [0.15, 0.2) is 186 Å². The fraction of sp³-hybridized carbons (Fsp3) is 0. The zero-order valence-corrected chi connectivity index (χ0v) is 27.6. The number of benzene rings is 8. The van der Waals surface area contributed by atoms with E-state index < -0.39 is 0 Å². The first-order valence-corrected chi connectivity index (χ1v) is 17.2. The lowest BCUT2D eigenvalue weighted by molar-refractivity contribution is 0.673. The van der Waals surface area contributed by atoms with Gasteiger partial charge in [0.2, 0.25) is 0 Å². The predicted molar refractivity (Wildman–Crippen MR) is 212 cm³/mol. The van der Waals surface area contributed by atoms with E-state index in [2.05, 4.69) is 146 Å². The van der Waals surface area contributed by atoms with E-state index in [1.807, 2.05) is 36.4 Å². The molecule has 0 aliphatic heterocycles. The van der Waals surface area contributed by atoms with Crippen LogP contribution < -0.4 is 0 Å². The van der Waals surface area contributed by atoms with Crippen molar-refractivity contribution in [2.45, 2.75) is 0 Å². The number of aromatic nitrogens is 2. The fourth-order valence-electron chi connectivity index (χ4n) is 7.36. The van der Waals surface area contributed by atoms with Crippen molar-refractivity contribution in [3.8, 4) is 56.2 Å². The van der Waals surface area contributed by atoms with Crippen LogP contribution >= 0.6 is 0 Å². The third-order valence-corrected chi connectivity index (χ3v) is 9.90. The molecule has 0 fully saturated rings. The van der Waals surface area contributed by atoms with Gasteiger partial charge < -0.3 is 4.42 Å². The topological polar surface area (TPSA) is 38.9 Å². The molecule has 3 nitrogen and oxygen atoms in total. The average Bonchev–Trinajstić information content (AvgIpc) is 3.59. The Hall–Kier alpha value is -6.84. The smallest absolute Gasteiger partial charge is 0.161 e. The van der Waals surface area contributed by atoms with E-state index in [0.29, 0.717) is 5.82 Å². The molecule has 0 bridgehead atoms. The average molecular weight is 651 g/mol. The van der Waals surface area contributed by atoms with Crippen LogP contribution in [0.5, 0.6) is 0 Å². The highest BCUT2D eigenvalue weighted by Gasteiger charge is 2.19. The molecule has 0 saturated carbocycles. The van der Waals surface area contributed by atoms with Gasteiger partial charge in [0.1, 0.15) is 11.2 Å². The third kappa shape index (κ3) is 5.06. The molecule has 0 aliphatic rings. The molecule has 0 spiro atoms. The lowest BCUT2D eigenvalue weighted by Crippen LogP contribution is -1.96. The van der Waals surface area contributed by atoms with Gasteiger partial charge in [0.05, 0.1) is 11.4 Å². The Morgan fingerprint density at radius 3 is 1.65 bits per heavy atom. The van der Waals surface area contributed by atoms with Crippen LogP contribution in [0.2, 0.25) is 0 Å². The van der Waals surface area contributed by atoms with Crippen LogP contribution in [0, 0.1) is 0 Å². The van der Waals surface area contributed by atoms with E-state index in [9.17, 15) is 0 Å². The summed E-state index contributed by atoms with van der Waals surface area (Å²) in [5.74, 6) is 0.683. The molecule has 2 heterocycles. The Balaban J connectivity index is 1.14. The van der Waals surface area contributed by atoms with Crippen LogP contribution in [0.4, 0.5) is 0 Å². The molecule has 51 heavy (non-hydrogen) atoms. The Morgan fingerprint density at radius 1 is 0.333 bits per heavy atom. The molecule has 238 valence electrons. The van der Waals surface area contributed by atoms with Gasteiger partial charge in [0.25, 0.3) is 0 Å². The van der Waals surface area contributed by atoms with Gasteiger partial charge in [-0.3, -0.25) is 0 Å². The maximum atomic E-state index is 6.61. The number of furan rings is 1. The van der Waals surface area contributed by atoms with Crippen molar-refractivity contribution < 1.29 is 4.42 Å². The van der Waals surface area contributed by atoms with Gasteiger partial charge in [0, 0.05) is 32.8 Å². The molecule has 10 aromatic rings. The van der Waals surface area contributed by atoms with Gasteiger partial charge in [0.15, 0.2) is 5.82 Å². The van der Waals surface area contributed by atoms with Gasteiger partial charge in [-0.25, -0.2) is 9.97 Å². The first-order valence-electron chi connectivity index (χ1n) is 17.2. The summed E-state index contributed by atoms with van der Waals surface area (Å²) in [7, 11) is 0. The summed E-state index contributed by atoms with van der Waals surface area (Å²) in [4.78, 5) is 10.4. The Bertz CT molecular complexity index is 2830. The monoisotopic (exact) mass is 650 g/mol. The highest BCUT2D eigenvalue weighted by atomic mass is 16.3. The molecule has 0 amide bonds. The predicted octanol–water partition coefficient (Wildman–Crippen LogP) is 13.0. The zero-order chi connectivity index (χ0) is 33.7. The molecule has 10 rings (SSSR count). The first-order chi connectivity index (χ1) is 25.3. The SMILES string of the molecule is c1ccc(-c2cc(-c3ccccc3)nc(-c3cc4c5cc(-c6ccc(-c7cccc8ccccc78)cc6)ccc5oc4c4ccccc34)n2)cc1. The molecule has 8 aromatic carbocycles. The molecular formula is C48H30N2O. The van der Waals surface area contributed by atoms with Crippen molar-refractivity contribution in [3.63, 3.8) is 0 Å². The van der Waals surface area contributed by atoms with Crippen molar-refractivity contribution in [1.82, 2.24) is 9.97 Å². The number of fused-ring (bicyclic) bond motifs is 6. The second kappa shape index (κ2) is 11.9. The standard InChI is InChI=1S/C48H30N2O/c1-3-13-34(14-4-1)44-30-45(35-15-5-2-6-16-35)50-48(49-44)43-29-42-41-28-36(26-27-46(41)51-47(42)40-20-10-9-19-39(40)43)31-22-24-33(25-23-31)38-21-11-17-32-12-7-8-18-37(32)38/h1-30H. The van der Waals surface area contributed by atoms with Crippen molar-refractivity contribution in [2.24, 2.45) is 0 Å².